The highest BCUT2D eigenvalue weighted by molar-refractivity contribution is 5.61. The number of halogens is 2. The molecule has 1 unspecified atom stereocenters. The Morgan fingerprint density at radius 3 is 2.85 bits per heavy atom. The molecule has 1 heterocycles. The maximum absolute atomic E-state index is 14.0. The number of ether oxygens (including phenoxy) is 1. The quantitative estimate of drug-likeness (QED) is 0.549. The van der Waals surface area contributed by atoms with Crippen molar-refractivity contribution >= 4 is 17.5 Å². The normalized spacial score (nSPS) is 16.3. The lowest BCUT2D eigenvalue weighted by atomic mass is 9.87. The molecule has 3 rings (SSSR count). The number of hydrogen-bond donors (Lipinski definition) is 0. The molecule has 0 N–H and O–H groups in total. The molecule has 0 saturated heterocycles. The van der Waals surface area contributed by atoms with Crippen LogP contribution in [0.2, 0.25) is 0 Å². The second-order valence-electron chi connectivity index (χ2n) is 6.30. The molecule has 27 heavy (non-hydrogen) atoms. The maximum atomic E-state index is 14.0. The van der Waals surface area contributed by atoms with Gasteiger partial charge in [-0.3, -0.25) is 0 Å². The van der Waals surface area contributed by atoms with Gasteiger partial charge in [-0.1, -0.05) is 18.2 Å². The topological polar surface area (TPSA) is 56.4 Å². The van der Waals surface area contributed by atoms with E-state index in [9.17, 15) is 13.6 Å². The number of benzene rings is 1. The molecule has 0 spiro atoms. The van der Waals surface area contributed by atoms with Crippen molar-refractivity contribution in [3.8, 4) is 5.88 Å². The summed E-state index contributed by atoms with van der Waals surface area (Å²) in [7, 11) is 0. The van der Waals surface area contributed by atoms with Crippen LogP contribution in [-0.4, -0.2) is 16.3 Å². The first kappa shape index (κ1) is 18.6. The molecule has 0 aliphatic heterocycles. The predicted octanol–water partition coefficient (Wildman–Crippen LogP) is 4.66. The fourth-order valence-corrected chi connectivity index (χ4v) is 2.92. The first-order chi connectivity index (χ1) is 13.1. The van der Waals surface area contributed by atoms with E-state index in [-0.39, 0.29) is 23.7 Å². The van der Waals surface area contributed by atoms with Gasteiger partial charge >= 0.3 is 0 Å². The third kappa shape index (κ3) is 4.53. The summed E-state index contributed by atoms with van der Waals surface area (Å²) in [6.07, 6.45) is 6.76. The Morgan fingerprint density at radius 2 is 2.19 bits per heavy atom. The lowest BCUT2D eigenvalue weighted by molar-refractivity contribution is -0.108. The van der Waals surface area contributed by atoms with Gasteiger partial charge in [-0.15, -0.1) is 0 Å². The minimum atomic E-state index is -0.729. The summed E-state index contributed by atoms with van der Waals surface area (Å²) in [5.74, 6) is -0.866. The van der Waals surface area contributed by atoms with Gasteiger partial charge in [0.2, 0.25) is 5.82 Å². The molecule has 2 aromatic rings. The van der Waals surface area contributed by atoms with E-state index in [2.05, 4.69) is 14.8 Å². The van der Waals surface area contributed by atoms with E-state index in [1.165, 1.54) is 12.1 Å². The number of aldehydes is 1. The second-order valence-corrected chi connectivity index (χ2v) is 6.30. The zero-order valence-electron chi connectivity index (χ0n) is 14.5. The number of carbonyl (C=O) groups is 1. The number of allylic oxidation sites excluding steroid dienone is 2. The smallest absolute Gasteiger partial charge is 0.254 e. The Kier molecular flexibility index (Phi) is 5.87. The third-order valence-electron chi connectivity index (χ3n) is 4.48. The molecule has 0 amide bonds. The Hall–Kier alpha value is -3.14. The van der Waals surface area contributed by atoms with Crippen molar-refractivity contribution in [2.75, 3.05) is 0 Å². The van der Waals surface area contributed by atoms with Crippen molar-refractivity contribution in [1.29, 1.82) is 0 Å². The Morgan fingerprint density at radius 1 is 1.33 bits per heavy atom. The van der Waals surface area contributed by atoms with Gasteiger partial charge in [-0.25, -0.2) is 14.2 Å². The van der Waals surface area contributed by atoms with E-state index in [0.29, 0.717) is 24.6 Å². The Balaban J connectivity index is 1.73. The molecule has 1 aliphatic carbocycles. The molecule has 0 saturated carbocycles. The summed E-state index contributed by atoms with van der Waals surface area (Å²) in [6, 6.07) is 4.01. The summed E-state index contributed by atoms with van der Waals surface area (Å²) in [5.41, 5.74) is 1.27. The van der Waals surface area contributed by atoms with Crippen molar-refractivity contribution in [3.05, 3.63) is 64.9 Å². The van der Waals surface area contributed by atoms with Gasteiger partial charge < -0.3 is 9.53 Å². The van der Waals surface area contributed by atoms with Gasteiger partial charge in [0.1, 0.15) is 18.7 Å². The average molecular weight is 369 g/mol. The van der Waals surface area contributed by atoms with Crippen molar-refractivity contribution in [3.63, 3.8) is 0 Å². The molecule has 1 aromatic carbocycles. The number of aromatic nitrogens is 2. The lowest BCUT2D eigenvalue weighted by Gasteiger charge is -2.19. The largest absolute Gasteiger partial charge is 0.471 e. The van der Waals surface area contributed by atoms with E-state index in [1.54, 1.807) is 0 Å². The molecule has 0 radical (unpaired) electrons. The van der Waals surface area contributed by atoms with Gasteiger partial charge in [-0.2, -0.15) is 9.37 Å². The van der Waals surface area contributed by atoms with Crippen LogP contribution in [0.3, 0.4) is 0 Å². The van der Waals surface area contributed by atoms with Crippen LogP contribution in [0.4, 0.5) is 14.5 Å². The summed E-state index contributed by atoms with van der Waals surface area (Å²) < 4.78 is 33.3. The van der Waals surface area contributed by atoms with Crippen LogP contribution < -0.4 is 4.74 Å². The average Bonchev–Trinajstić information content (AvgIpc) is 2.69. The van der Waals surface area contributed by atoms with Gasteiger partial charge in [0.25, 0.3) is 5.88 Å². The molecular weight excluding hydrogens is 352 g/mol. The van der Waals surface area contributed by atoms with Gasteiger partial charge in [0.15, 0.2) is 11.5 Å². The third-order valence-corrected chi connectivity index (χ3v) is 4.48. The summed E-state index contributed by atoms with van der Waals surface area (Å²) in [6.45, 7) is 6.66. The highest BCUT2D eigenvalue weighted by Crippen LogP contribution is 2.31. The van der Waals surface area contributed by atoms with Crippen LogP contribution in [0, 0.1) is 24.1 Å². The highest BCUT2D eigenvalue weighted by Gasteiger charge is 2.18. The highest BCUT2D eigenvalue weighted by atomic mass is 19.1. The fourth-order valence-electron chi connectivity index (χ4n) is 2.92. The standard InChI is InChI=1S/C20H17F2N3O2/c1-23-16-7-6-15(17(21)10-16)12-27-20-18(22)11-24-19(25-20)14-4-2-13(3-5-14)8-9-26/h4,6-7,9-11,13H,2-3,5,8,12H2. The molecule has 1 aliphatic rings. The van der Waals surface area contributed by atoms with Gasteiger partial charge in [0.05, 0.1) is 12.8 Å². The zero-order chi connectivity index (χ0) is 19.2. The van der Waals surface area contributed by atoms with Crippen molar-refractivity contribution in [1.82, 2.24) is 9.97 Å². The molecule has 138 valence electrons. The molecule has 0 fully saturated rings. The summed E-state index contributed by atoms with van der Waals surface area (Å²) in [4.78, 5) is 21.9. The molecule has 0 bridgehead atoms. The van der Waals surface area contributed by atoms with E-state index in [0.717, 1.165) is 37.0 Å². The lowest BCUT2D eigenvalue weighted by Crippen LogP contribution is -2.09. The van der Waals surface area contributed by atoms with Crippen LogP contribution in [0.25, 0.3) is 10.4 Å². The number of carbonyl (C=O) groups excluding carboxylic acids is 1. The number of rotatable bonds is 6. The van der Waals surface area contributed by atoms with E-state index >= 15 is 0 Å². The fraction of sp³-hybridized carbons (Fsp3) is 0.300. The zero-order valence-corrected chi connectivity index (χ0v) is 14.5. The molecule has 7 heteroatoms. The number of nitrogens with zero attached hydrogens (tertiary/aromatic N) is 3. The molecule has 5 nitrogen and oxygen atoms in total. The first-order valence-electron chi connectivity index (χ1n) is 8.55. The second kappa shape index (κ2) is 8.49. The predicted molar refractivity (Wildman–Crippen MR) is 95.0 cm³/mol. The first-order valence-corrected chi connectivity index (χ1v) is 8.55. The minimum Gasteiger partial charge on any atom is -0.471 e. The van der Waals surface area contributed by atoms with E-state index in [1.807, 2.05) is 6.08 Å². The summed E-state index contributed by atoms with van der Waals surface area (Å²) >= 11 is 0. The molecule has 1 aromatic heterocycles. The maximum Gasteiger partial charge on any atom is 0.254 e. The number of hydrogen-bond acceptors (Lipinski definition) is 4. The van der Waals surface area contributed by atoms with Crippen LogP contribution in [0.1, 0.15) is 37.1 Å². The van der Waals surface area contributed by atoms with Crippen molar-refractivity contribution < 1.29 is 18.3 Å². The molecule has 1 atom stereocenters. The van der Waals surface area contributed by atoms with Crippen molar-refractivity contribution in [2.45, 2.75) is 32.3 Å². The van der Waals surface area contributed by atoms with Crippen LogP contribution in [0.15, 0.2) is 30.5 Å². The Bertz CT molecular complexity index is 922. The van der Waals surface area contributed by atoms with E-state index in [4.69, 9.17) is 11.3 Å². The van der Waals surface area contributed by atoms with Gasteiger partial charge in [-0.05, 0) is 36.8 Å². The Labute approximate surface area is 155 Å². The van der Waals surface area contributed by atoms with Crippen molar-refractivity contribution in [2.24, 2.45) is 5.92 Å². The van der Waals surface area contributed by atoms with Crippen LogP contribution in [-0.2, 0) is 11.4 Å². The monoisotopic (exact) mass is 369 g/mol. The van der Waals surface area contributed by atoms with Crippen LogP contribution >= 0.6 is 0 Å². The minimum absolute atomic E-state index is 0.184. The van der Waals surface area contributed by atoms with Crippen LogP contribution in [0.5, 0.6) is 5.88 Å². The van der Waals surface area contributed by atoms with Gasteiger partial charge in [0, 0.05) is 12.0 Å². The SMILES string of the molecule is [C-]#[N+]c1ccc(COc2nc(C3=CCC(CC=O)CC3)ncc2F)c(F)c1. The summed E-state index contributed by atoms with van der Waals surface area (Å²) in [5, 5.41) is 0. The molecular formula is C20H17F2N3O2. The van der Waals surface area contributed by atoms with E-state index < -0.39 is 11.6 Å².